The van der Waals surface area contributed by atoms with Crippen molar-refractivity contribution in [2.75, 3.05) is 0 Å². The van der Waals surface area contributed by atoms with Gasteiger partial charge in [0.05, 0.1) is 0 Å². The quantitative estimate of drug-likeness (QED) is 0.833. The van der Waals surface area contributed by atoms with Crippen LogP contribution < -0.4 is 0 Å². The molecule has 1 heterocycles. The standard InChI is InChI=1S/C16H21NO3/c1-16(2,3)20-15(19)17-13(9-10-14(17)18)11-12-7-5-4-6-8-12/h4-8,13H,9-11H2,1-3H3. The Morgan fingerprint density at radius 1 is 1.30 bits per heavy atom. The van der Waals surface area contributed by atoms with Crippen molar-refractivity contribution in [3.63, 3.8) is 0 Å². The van der Waals surface area contributed by atoms with Gasteiger partial charge in [-0.1, -0.05) is 30.3 Å². The first-order chi connectivity index (χ1) is 9.37. The van der Waals surface area contributed by atoms with Gasteiger partial charge in [0.25, 0.3) is 0 Å². The van der Waals surface area contributed by atoms with E-state index < -0.39 is 11.7 Å². The summed E-state index contributed by atoms with van der Waals surface area (Å²) in [7, 11) is 0. The van der Waals surface area contributed by atoms with E-state index in [9.17, 15) is 9.59 Å². The Morgan fingerprint density at radius 3 is 2.55 bits per heavy atom. The van der Waals surface area contributed by atoms with E-state index in [1.54, 1.807) is 20.8 Å². The zero-order valence-electron chi connectivity index (χ0n) is 12.3. The second-order valence-electron chi connectivity index (χ2n) is 6.13. The van der Waals surface area contributed by atoms with Gasteiger partial charge in [-0.05, 0) is 39.2 Å². The first-order valence-electron chi connectivity index (χ1n) is 6.96. The van der Waals surface area contributed by atoms with Crippen LogP contribution in [0.5, 0.6) is 0 Å². The lowest BCUT2D eigenvalue weighted by Gasteiger charge is -2.27. The smallest absolute Gasteiger partial charge is 0.417 e. The third-order valence-corrected chi connectivity index (χ3v) is 3.23. The number of rotatable bonds is 2. The summed E-state index contributed by atoms with van der Waals surface area (Å²) in [6, 6.07) is 9.80. The molecule has 0 N–H and O–H groups in total. The van der Waals surface area contributed by atoms with E-state index in [4.69, 9.17) is 4.74 Å². The maximum absolute atomic E-state index is 12.2. The molecule has 0 radical (unpaired) electrons. The van der Waals surface area contributed by atoms with Crippen LogP contribution in [0.4, 0.5) is 4.79 Å². The average Bonchev–Trinajstić information content (AvgIpc) is 2.69. The third-order valence-electron chi connectivity index (χ3n) is 3.23. The van der Waals surface area contributed by atoms with Crippen molar-refractivity contribution >= 4 is 12.0 Å². The predicted octanol–water partition coefficient (Wildman–Crippen LogP) is 3.16. The lowest BCUT2D eigenvalue weighted by molar-refractivity contribution is -0.128. The van der Waals surface area contributed by atoms with Crippen LogP contribution in [0.1, 0.15) is 39.2 Å². The Morgan fingerprint density at radius 2 is 1.95 bits per heavy atom. The molecular weight excluding hydrogens is 254 g/mol. The fourth-order valence-corrected chi connectivity index (χ4v) is 2.38. The maximum Gasteiger partial charge on any atom is 0.417 e. The molecule has 108 valence electrons. The summed E-state index contributed by atoms with van der Waals surface area (Å²) in [6.07, 6.45) is 1.27. The van der Waals surface area contributed by atoms with Gasteiger partial charge in [-0.15, -0.1) is 0 Å². The minimum Gasteiger partial charge on any atom is -0.443 e. The third kappa shape index (κ3) is 3.59. The molecule has 1 aliphatic rings. The van der Waals surface area contributed by atoms with Crippen molar-refractivity contribution in [1.29, 1.82) is 0 Å². The summed E-state index contributed by atoms with van der Waals surface area (Å²) in [5, 5.41) is 0. The van der Waals surface area contributed by atoms with Crippen LogP contribution in [-0.2, 0) is 16.0 Å². The maximum atomic E-state index is 12.2. The van der Waals surface area contributed by atoms with E-state index in [1.807, 2.05) is 30.3 Å². The highest BCUT2D eigenvalue weighted by molar-refractivity contribution is 5.94. The van der Waals surface area contributed by atoms with Crippen molar-refractivity contribution in [3.8, 4) is 0 Å². The topological polar surface area (TPSA) is 46.6 Å². The van der Waals surface area contributed by atoms with E-state index in [1.165, 1.54) is 4.90 Å². The van der Waals surface area contributed by atoms with Gasteiger partial charge in [-0.2, -0.15) is 0 Å². The zero-order valence-corrected chi connectivity index (χ0v) is 12.3. The number of likely N-dealkylation sites (tertiary alicyclic amines) is 1. The molecule has 1 saturated heterocycles. The number of benzene rings is 1. The summed E-state index contributed by atoms with van der Waals surface area (Å²) < 4.78 is 5.33. The summed E-state index contributed by atoms with van der Waals surface area (Å²) in [4.78, 5) is 25.4. The molecule has 1 aliphatic heterocycles. The number of hydrogen-bond acceptors (Lipinski definition) is 3. The number of imide groups is 1. The van der Waals surface area contributed by atoms with Gasteiger partial charge in [0.1, 0.15) is 5.60 Å². The lowest BCUT2D eigenvalue weighted by Crippen LogP contribution is -2.43. The minimum atomic E-state index is -0.586. The van der Waals surface area contributed by atoms with Gasteiger partial charge < -0.3 is 4.74 Å². The fourth-order valence-electron chi connectivity index (χ4n) is 2.38. The largest absolute Gasteiger partial charge is 0.443 e. The zero-order chi connectivity index (χ0) is 14.8. The molecule has 0 spiro atoms. The van der Waals surface area contributed by atoms with Gasteiger partial charge >= 0.3 is 6.09 Å². The number of nitrogens with zero attached hydrogens (tertiary/aromatic N) is 1. The molecule has 0 bridgehead atoms. The summed E-state index contributed by atoms with van der Waals surface area (Å²) in [6.45, 7) is 5.41. The van der Waals surface area contributed by atoms with Crippen molar-refractivity contribution < 1.29 is 14.3 Å². The molecule has 0 aliphatic carbocycles. The lowest BCUT2D eigenvalue weighted by atomic mass is 10.0. The van der Waals surface area contributed by atoms with Gasteiger partial charge in [0.2, 0.25) is 5.91 Å². The predicted molar refractivity (Wildman–Crippen MR) is 76.2 cm³/mol. The molecule has 4 heteroatoms. The van der Waals surface area contributed by atoms with Crippen LogP contribution >= 0.6 is 0 Å². The summed E-state index contributed by atoms with van der Waals surface area (Å²) in [5.41, 5.74) is 0.540. The number of carbonyl (C=O) groups excluding carboxylic acids is 2. The SMILES string of the molecule is CC(C)(C)OC(=O)N1C(=O)CCC1Cc1ccccc1. The van der Waals surface area contributed by atoms with E-state index in [0.717, 1.165) is 5.56 Å². The molecule has 1 fully saturated rings. The van der Waals surface area contributed by atoms with Crippen LogP contribution in [0.2, 0.25) is 0 Å². The van der Waals surface area contributed by atoms with Gasteiger partial charge in [0.15, 0.2) is 0 Å². The normalized spacial score (nSPS) is 19.2. The molecule has 0 saturated carbocycles. The van der Waals surface area contributed by atoms with Gasteiger partial charge in [0, 0.05) is 12.5 Å². The van der Waals surface area contributed by atoms with Crippen molar-refractivity contribution in [2.45, 2.75) is 51.7 Å². The first kappa shape index (κ1) is 14.6. The van der Waals surface area contributed by atoms with Crippen LogP contribution in [0, 0.1) is 0 Å². The minimum absolute atomic E-state index is 0.0975. The first-order valence-corrected chi connectivity index (χ1v) is 6.96. The molecule has 0 aromatic heterocycles. The molecule has 1 aromatic rings. The van der Waals surface area contributed by atoms with Gasteiger partial charge in [-0.25, -0.2) is 9.69 Å². The number of hydrogen-bond donors (Lipinski definition) is 0. The molecule has 2 rings (SSSR count). The highest BCUT2D eigenvalue weighted by atomic mass is 16.6. The monoisotopic (exact) mass is 275 g/mol. The Labute approximate surface area is 119 Å². The van der Waals surface area contributed by atoms with Gasteiger partial charge in [-0.3, -0.25) is 4.79 Å². The molecule has 4 nitrogen and oxygen atoms in total. The Hall–Kier alpha value is -1.84. The Kier molecular flexibility index (Phi) is 4.12. The number of ether oxygens (including phenoxy) is 1. The van der Waals surface area contributed by atoms with E-state index in [-0.39, 0.29) is 11.9 Å². The van der Waals surface area contributed by atoms with Crippen molar-refractivity contribution in [2.24, 2.45) is 0 Å². The molecular formula is C16H21NO3. The summed E-state index contributed by atoms with van der Waals surface area (Å²) in [5.74, 6) is -0.139. The van der Waals surface area contributed by atoms with Crippen LogP contribution in [0.3, 0.4) is 0 Å². The van der Waals surface area contributed by atoms with Crippen molar-refractivity contribution in [1.82, 2.24) is 4.90 Å². The second-order valence-corrected chi connectivity index (χ2v) is 6.13. The van der Waals surface area contributed by atoms with Crippen molar-refractivity contribution in [3.05, 3.63) is 35.9 Å². The molecule has 2 amide bonds. The average molecular weight is 275 g/mol. The van der Waals surface area contributed by atoms with Crippen LogP contribution in [0.15, 0.2) is 30.3 Å². The van der Waals surface area contributed by atoms with E-state index in [2.05, 4.69) is 0 Å². The Balaban J connectivity index is 2.09. The van der Waals surface area contributed by atoms with Crippen LogP contribution in [-0.4, -0.2) is 28.5 Å². The van der Waals surface area contributed by atoms with E-state index in [0.29, 0.717) is 19.3 Å². The number of carbonyl (C=O) groups is 2. The molecule has 1 aromatic carbocycles. The van der Waals surface area contributed by atoms with E-state index >= 15 is 0 Å². The highest BCUT2D eigenvalue weighted by Crippen LogP contribution is 2.24. The van der Waals surface area contributed by atoms with Crippen LogP contribution in [0.25, 0.3) is 0 Å². The Bertz CT molecular complexity index is 490. The number of amides is 2. The second kappa shape index (κ2) is 5.65. The fraction of sp³-hybridized carbons (Fsp3) is 0.500. The summed E-state index contributed by atoms with van der Waals surface area (Å²) >= 11 is 0. The molecule has 20 heavy (non-hydrogen) atoms. The highest BCUT2D eigenvalue weighted by Gasteiger charge is 2.38. The molecule has 1 atom stereocenters. The molecule has 1 unspecified atom stereocenters.